The molecule has 60 valence electrons. The van der Waals surface area contributed by atoms with Gasteiger partial charge in [0.1, 0.15) is 7.85 Å². The highest BCUT2D eigenvalue weighted by Gasteiger charge is 2.04. The van der Waals surface area contributed by atoms with Gasteiger partial charge in [-0.15, -0.1) is 0 Å². The van der Waals surface area contributed by atoms with Crippen molar-refractivity contribution < 1.29 is 4.74 Å². The summed E-state index contributed by atoms with van der Waals surface area (Å²) in [6.07, 6.45) is 5.21. The summed E-state index contributed by atoms with van der Waals surface area (Å²) in [5.74, 6) is 0.806. The molecule has 0 aliphatic rings. The highest BCUT2D eigenvalue weighted by molar-refractivity contribution is 6.08. The third-order valence-corrected chi connectivity index (χ3v) is 1.80. The smallest absolute Gasteiger partial charge is 0.101 e. The quantitative estimate of drug-likeness (QED) is 0.510. The van der Waals surface area contributed by atoms with Crippen LogP contribution in [-0.2, 0) is 4.74 Å². The normalized spacial score (nSPS) is 13.4. The zero-order valence-electron chi connectivity index (χ0n) is 7.52. The SMILES string of the molecule is BCCC(CCC)COC. The molecule has 0 N–H and O–H groups in total. The lowest BCUT2D eigenvalue weighted by Crippen LogP contribution is -2.07. The molecule has 10 heavy (non-hydrogen) atoms. The summed E-state index contributed by atoms with van der Waals surface area (Å²) in [7, 11) is 4.02. The topological polar surface area (TPSA) is 9.23 Å². The van der Waals surface area contributed by atoms with Gasteiger partial charge in [0.25, 0.3) is 0 Å². The van der Waals surface area contributed by atoms with Crippen LogP contribution in [-0.4, -0.2) is 21.6 Å². The van der Waals surface area contributed by atoms with E-state index in [0.717, 1.165) is 12.5 Å². The van der Waals surface area contributed by atoms with Gasteiger partial charge in [-0.2, -0.15) is 0 Å². The molecule has 0 aromatic heterocycles. The minimum absolute atomic E-state index is 0.806. The molecule has 0 heterocycles. The standard InChI is InChI=1S/C8H19BO/c1-3-4-8(5-6-9)7-10-2/h8H,3-7,9H2,1-2H3. The zero-order chi connectivity index (χ0) is 7.82. The van der Waals surface area contributed by atoms with Gasteiger partial charge in [0, 0.05) is 13.7 Å². The van der Waals surface area contributed by atoms with Crippen molar-refractivity contribution in [1.29, 1.82) is 0 Å². The third-order valence-electron chi connectivity index (χ3n) is 1.80. The molecule has 0 radical (unpaired) electrons. The Morgan fingerprint density at radius 2 is 2.10 bits per heavy atom. The average Bonchev–Trinajstić information content (AvgIpc) is 1.90. The summed E-state index contributed by atoms with van der Waals surface area (Å²) in [6, 6.07) is 0. The summed E-state index contributed by atoms with van der Waals surface area (Å²) in [6.45, 7) is 3.18. The summed E-state index contributed by atoms with van der Waals surface area (Å²) in [5.41, 5.74) is 0. The maximum absolute atomic E-state index is 5.11. The number of hydrogen-bond donors (Lipinski definition) is 0. The molecule has 1 unspecified atom stereocenters. The molecule has 0 bridgehead atoms. The van der Waals surface area contributed by atoms with E-state index in [1.54, 1.807) is 7.11 Å². The van der Waals surface area contributed by atoms with Gasteiger partial charge < -0.3 is 4.74 Å². The summed E-state index contributed by atoms with van der Waals surface area (Å²) < 4.78 is 5.11. The van der Waals surface area contributed by atoms with Gasteiger partial charge in [0.2, 0.25) is 0 Å². The first-order valence-corrected chi connectivity index (χ1v) is 4.34. The van der Waals surface area contributed by atoms with Crippen molar-refractivity contribution in [2.24, 2.45) is 5.92 Å². The van der Waals surface area contributed by atoms with Crippen molar-refractivity contribution in [3.05, 3.63) is 0 Å². The first kappa shape index (κ1) is 10.0. The molecule has 1 nitrogen and oxygen atoms in total. The highest BCUT2D eigenvalue weighted by Crippen LogP contribution is 2.12. The molecule has 1 atom stereocenters. The molecule has 0 aromatic rings. The van der Waals surface area contributed by atoms with Crippen LogP contribution >= 0.6 is 0 Å². The number of rotatable bonds is 6. The van der Waals surface area contributed by atoms with Gasteiger partial charge in [-0.3, -0.25) is 0 Å². The van der Waals surface area contributed by atoms with Crippen molar-refractivity contribution in [2.75, 3.05) is 13.7 Å². The highest BCUT2D eigenvalue weighted by atomic mass is 16.5. The lowest BCUT2D eigenvalue weighted by atomic mass is 9.91. The minimum atomic E-state index is 0.806. The Balaban J connectivity index is 3.30. The van der Waals surface area contributed by atoms with Gasteiger partial charge in [0.15, 0.2) is 0 Å². The Morgan fingerprint density at radius 3 is 2.50 bits per heavy atom. The zero-order valence-corrected chi connectivity index (χ0v) is 7.52. The maximum Gasteiger partial charge on any atom is 0.101 e. The average molecular weight is 142 g/mol. The Morgan fingerprint density at radius 1 is 1.40 bits per heavy atom. The summed E-state index contributed by atoms with van der Waals surface area (Å²) >= 11 is 0. The molecular weight excluding hydrogens is 123 g/mol. The van der Waals surface area contributed by atoms with E-state index in [1.807, 2.05) is 0 Å². The van der Waals surface area contributed by atoms with E-state index in [4.69, 9.17) is 4.74 Å². The third kappa shape index (κ3) is 4.86. The first-order valence-electron chi connectivity index (χ1n) is 4.34. The van der Waals surface area contributed by atoms with Gasteiger partial charge >= 0.3 is 0 Å². The van der Waals surface area contributed by atoms with E-state index in [1.165, 1.54) is 25.6 Å². The fraction of sp³-hybridized carbons (Fsp3) is 1.00. The number of ether oxygens (including phenoxy) is 1. The fourth-order valence-corrected chi connectivity index (χ4v) is 1.36. The van der Waals surface area contributed by atoms with E-state index >= 15 is 0 Å². The van der Waals surface area contributed by atoms with Gasteiger partial charge in [-0.05, 0) is 12.3 Å². The van der Waals surface area contributed by atoms with Crippen LogP contribution in [0.2, 0.25) is 6.32 Å². The van der Waals surface area contributed by atoms with Crippen LogP contribution < -0.4 is 0 Å². The predicted molar refractivity (Wildman–Crippen MR) is 48.2 cm³/mol. The maximum atomic E-state index is 5.11. The van der Waals surface area contributed by atoms with Crippen LogP contribution in [0.5, 0.6) is 0 Å². The molecule has 0 amide bonds. The van der Waals surface area contributed by atoms with E-state index in [9.17, 15) is 0 Å². The second-order valence-electron chi connectivity index (χ2n) is 2.90. The Hall–Kier alpha value is 0.0249. The Labute approximate surface area is 65.6 Å². The molecule has 0 spiro atoms. The van der Waals surface area contributed by atoms with Gasteiger partial charge in [-0.25, -0.2) is 0 Å². The van der Waals surface area contributed by atoms with Crippen LogP contribution in [0.15, 0.2) is 0 Å². The Bertz CT molecular complexity index is 52.0. The van der Waals surface area contributed by atoms with Crippen LogP contribution in [0.4, 0.5) is 0 Å². The van der Waals surface area contributed by atoms with Crippen molar-refractivity contribution in [1.82, 2.24) is 0 Å². The number of hydrogen-bond acceptors (Lipinski definition) is 1. The van der Waals surface area contributed by atoms with Crippen LogP contribution in [0.25, 0.3) is 0 Å². The molecule has 0 saturated heterocycles. The first-order chi connectivity index (χ1) is 4.85. The van der Waals surface area contributed by atoms with E-state index in [2.05, 4.69) is 14.8 Å². The molecule has 2 heteroatoms. The molecule has 0 aliphatic carbocycles. The fourth-order valence-electron chi connectivity index (χ4n) is 1.36. The molecule has 0 aliphatic heterocycles. The molecular formula is C8H19BO. The van der Waals surface area contributed by atoms with E-state index in [-0.39, 0.29) is 0 Å². The predicted octanol–water partition coefficient (Wildman–Crippen LogP) is 1.49. The second-order valence-corrected chi connectivity index (χ2v) is 2.90. The minimum Gasteiger partial charge on any atom is -0.384 e. The van der Waals surface area contributed by atoms with Crippen molar-refractivity contribution in [3.8, 4) is 0 Å². The van der Waals surface area contributed by atoms with Gasteiger partial charge in [0.05, 0.1) is 0 Å². The van der Waals surface area contributed by atoms with Crippen LogP contribution in [0.1, 0.15) is 26.2 Å². The lowest BCUT2D eigenvalue weighted by molar-refractivity contribution is 0.145. The van der Waals surface area contributed by atoms with Crippen molar-refractivity contribution in [3.63, 3.8) is 0 Å². The summed E-state index contributed by atoms with van der Waals surface area (Å²) in [5, 5.41) is 0. The summed E-state index contributed by atoms with van der Waals surface area (Å²) in [4.78, 5) is 0. The van der Waals surface area contributed by atoms with E-state index in [0.29, 0.717) is 0 Å². The van der Waals surface area contributed by atoms with Crippen molar-refractivity contribution >= 4 is 7.85 Å². The van der Waals surface area contributed by atoms with Gasteiger partial charge in [-0.1, -0.05) is 26.1 Å². The molecule has 0 rings (SSSR count). The molecule has 0 saturated carbocycles. The molecule has 0 fully saturated rings. The van der Waals surface area contributed by atoms with Crippen LogP contribution in [0, 0.1) is 5.92 Å². The Kier molecular flexibility index (Phi) is 7.15. The van der Waals surface area contributed by atoms with Crippen molar-refractivity contribution in [2.45, 2.75) is 32.5 Å². The number of methoxy groups -OCH3 is 1. The van der Waals surface area contributed by atoms with E-state index < -0.39 is 0 Å². The largest absolute Gasteiger partial charge is 0.384 e. The second kappa shape index (κ2) is 7.14. The monoisotopic (exact) mass is 142 g/mol. The molecule has 0 aromatic carbocycles. The lowest BCUT2D eigenvalue weighted by Gasteiger charge is -2.12. The van der Waals surface area contributed by atoms with Crippen LogP contribution in [0.3, 0.4) is 0 Å².